The zero-order valence-electron chi connectivity index (χ0n) is 4.79. The maximum atomic E-state index is 10.0. The number of carbonyl (C=O) groups excluding carboxylic acids is 2. The summed E-state index contributed by atoms with van der Waals surface area (Å²) in [5.74, 6) is -1.74. The van der Waals surface area contributed by atoms with E-state index in [0.29, 0.717) is 0 Å². The van der Waals surface area contributed by atoms with Gasteiger partial charge in [0.05, 0.1) is 0 Å². The molecule has 0 aliphatic heterocycles. The number of carbonyl (C=O) groups is 2. The van der Waals surface area contributed by atoms with Crippen LogP contribution in [-0.4, -0.2) is 16.6 Å². The molecule has 5 nitrogen and oxygen atoms in total. The predicted octanol–water partition coefficient (Wildman–Crippen LogP) is -0.231. The van der Waals surface area contributed by atoms with Crippen LogP contribution in [0.5, 0.6) is 0 Å². The first kappa shape index (κ1) is 7.74. The molecule has 0 saturated heterocycles. The monoisotopic (exact) mass is 131 g/mol. The molecular formula is C4H5NO4. The van der Waals surface area contributed by atoms with Crippen molar-refractivity contribution < 1.29 is 14.5 Å². The van der Waals surface area contributed by atoms with Crippen molar-refractivity contribution in [1.29, 1.82) is 0 Å². The quantitative estimate of drug-likeness (QED) is 0.294. The van der Waals surface area contributed by atoms with Gasteiger partial charge in [-0.2, -0.15) is 0 Å². The Hall–Kier alpha value is -1.26. The maximum Gasteiger partial charge on any atom is 0.452 e. The predicted molar refractivity (Wildman–Crippen MR) is 27.3 cm³/mol. The number of ketones is 1. The Bertz CT molecular complexity index is 162. The van der Waals surface area contributed by atoms with Gasteiger partial charge >= 0.3 is 5.91 Å². The van der Waals surface area contributed by atoms with Crippen molar-refractivity contribution in [3.8, 4) is 0 Å². The molecule has 0 heterocycles. The smallest absolute Gasteiger partial charge is 0.299 e. The SMILES string of the molecule is CC(=O)CC(=O)[N+](=O)[O-]. The van der Waals surface area contributed by atoms with Crippen molar-refractivity contribution in [3.05, 3.63) is 10.1 Å². The number of nitrogens with zero attached hydrogens (tertiary/aromatic N) is 1. The number of hydrogen-bond acceptors (Lipinski definition) is 4. The van der Waals surface area contributed by atoms with E-state index in [2.05, 4.69) is 0 Å². The van der Waals surface area contributed by atoms with Crippen LogP contribution in [0.3, 0.4) is 0 Å². The van der Waals surface area contributed by atoms with Crippen molar-refractivity contribution >= 4 is 11.7 Å². The van der Waals surface area contributed by atoms with Crippen LogP contribution < -0.4 is 0 Å². The third kappa shape index (κ3) is 3.33. The highest BCUT2D eigenvalue weighted by atomic mass is 16.6. The maximum absolute atomic E-state index is 10.0. The van der Waals surface area contributed by atoms with Crippen molar-refractivity contribution in [2.24, 2.45) is 0 Å². The molecular weight excluding hydrogens is 126 g/mol. The first-order valence-corrected chi connectivity index (χ1v) is 2.20. The van der Waals surface area contributed by atoms with Crippen LogP contribution in [0.25, 0.3) is 0 Å². The summed E-state index contributed by atoms with van der Waals surface area (Å²) < 4.78 is 0. The van der Waals surface area contributed by atoms with E-state index >= 15 is 0 Å². The standard InChI is InChI=1S/C4H5NO4/c1-3(6)2-4(7)5(8)9/h2H2,1H3. The van der Waals surface area contributed by atoms with Gasteiger partial charge in [-0.05, 0) is 6.92 Å². The minimum Gasteiger partial charge on any atom is -0.299 e. The average molecular weight is 131 g/mol. The van der Waals surface area contributed by atoms with Crippen LogP contribution in [0.2, 0.25) is 0 Å². The minimum absolute atomic E-state index is 0.489. The number of rotatable bonds is 2. The molecule has 9 heavy (non-hydrogen) atoms. The summed E-state index contributed by atoms with van der Waals surface area (Å²) in [5, 5.41) is 9.54. The fraction of sp³-hybridized carbons (Fsp3) is 0.500. The molecule has 0 rings (SSSR count). The molecule has 0 unspecified atom stereocenters. The molecule has 0 aromatic heterocycles. The first-order chi connectivity index (χ1) is 4.04. The Balaban J connectivity index is 3.79. The van der Waals surface area contributed by atoms with Crippen LogP contribution in [-0.2, 0) is 9.59 Å². The largest absolute Gasteiger partial charge is 0.452 e. The molecule has 50 valence electrons. The molecule has 0 saturated carbocycles. The fourth-order valence-corrected chi connectivity index (χ4v) is 0.278. The summed E-state index contributed by atoms with van der Waals surface area (Å²) in [6, 6.07) is 0. The Morgan fingerprint density at radius 2 is 2.00 bits per heavy atom. The zero-order chi connectivity index (χ0) is 7.44. The third-order valence-corrected chi connectivity index (χ3v) is 0.604. The Labute approximate surface area is 50.8 Å². The van der Waals surface area contributed by atoms with E-state index in [1.165, 1.54) is 0 Å². The minimum atomic E-state index is -1.25. The van der Waals surface area contributed by atoms with Gasteiger partial charge in [-0.15, -0.1) is 0 Å². The molecule has 0 N–H and O–H groups in total. The normalized spacial score (nSPS) is 8.56. The number of hydrogen-bond donors (Lipinski definition) is 0. The third-order valence-electron chi connectivity index (χ3n) is 0.604. The summed E-state index contributed by atoms with van der Waals surface area (Å²) >= 11 is 0. The highest BCUT2D eigenvalue weighted by molar-refractivity contribution is 5.93. The van der Waals surface area contributed by atoms with Crippen LogP contribution in [0, 0.1) is 10.1 Å². The molecule has 0 bridgehead atoms. The second-order valence-corrected chi connectivity index (χ2v) is 1.53. The molecule has 1 amide bonds. The van der Waals surface area contributed by atoms with E-state index in [0.717, 1.165) is 6.92 Å². The van der Waals surface area contributed by atoms with Gasteiger partial charge in [-0.25, -0.2) is 4.79 Å². The van der Waals surface area contributed by atoms with E-state index in [-0.39, 0.29) is 0 Å². The summed E-state index contributed by atoms with van der Waals surface area (Å²) in [6.07, 6.45) is -0.604. The summed E-state index contributed by atoms with van der Waals surface area (Å²) in [4.78, 5) is 28.5. The fourth-order valence-electron chi connectivity index (χ4n) is 0.278. The summed E-state index contributed by atoms with van der Waals surface area (Å²) in [5.41, 5.74) is 0. The van der Waals surface area contributed by atoms with Gasteiger partial charge in [-0.1, -0.05) is 0 Å². The molecule has 0 aromatic carbocycles. The van der Waals surface area contributed by atoms with Crippen molar-refractivity contribution in [2.45, 2.75) is 13.3 Å². The second-order valence-electron chi connectivity index (χ2n) is 1.53. The van der Waals surface area contributed by atoms with Gasteiger partial charge in [0.2, 0.25) is 0 Å². The van der Waals surface area contributed by atoms with Gasteiger partial charge < -0.3 is 0 Å². The number of Topliss-reactive ketones (excluding diaryl/α,β-unsaturated/α-hetero) is 1. The van der Waals surface area contributed by atoms with Gasteiger partial charge in [0, 0.05) is 0 Å². The lowest BCUT2D eigenvalue weighted by Crippen LogP contribution is -2.14. The van der Waals surface area contributed by atoms with Gasteiger partial charge in [0.15, 0.2) is 0 Å². The molecule has 0 aromatic rings. The molecule has 0 radical (unpaired) electrons. The molecule has 0 aliphatic rings. The Kier molecular flexibility index (Phi) is 2.50. The molecule has 0 spiro atoms. The van der Waals surface area contributed by atoms with Crippen molar-refractivity contribution in [3.63, 3.8) is 0 Å². The lowest BCUT2D eigenvalue weighted by atomic mass is 10.3. The van der Waals surface area contributed by atoms with E-state index in [1.54, 1.807) is 0 Å². The molecule has 5 heteroatoms. The van der Waals surface area contributed by atoms with Crippen molar-refractivity contribution in [2.75, 3.05) is 0 Å². The highest BCUT2D eigenvalue weighted by Crippen LogP contribution is 1.84. The molecule has 0 aliphatic carbocycles. The second kappa shape index (κ2) is 2.91. The topological polar surface area (TPSA) is 77.3 Å². The molecule has 0 fully saturated rings. The van der Waals surface area contributed by atoms with Gasteiger partial charge in [0.1, 0.15) is 17.1 Å². The number of nitro groups is 1. The zero-order valence-corrected chi connectivity index (χ0v) is 4.79. The van der Waals surface area contributed by atoms with E-state index < -0.39 is 23.0 Å². The average Bonchev–Trinajstić information content (AvgIpc) is 1.63. The Morgan fingerprint density at radius 1 is 1.56 bits per heavy atom. The van der Waals surface area contributed by atoms with Crippen molar-refractivity contribution in [1.82, 2.24) is 0 Å². The first-order valence-electron chi connectivity index (χ1n) is 2.20. The van der Waals surface area contributed by atoms with Gasteiger partial charge in [0.25, 0.3) is 0 Å². The van der Waals surface area contributed by atoms with Crippen LogP contribution in [0.15, 0.2) is 0 Å². The number of amides is 1. The van der Waals surface area contributed by atoms with E-state index in [1.807, 2.05) is 0 Å². The highest BCUT2D eigenvalue weighted by Gasteiger charge is 2.16. The van der Waals surface area contributed by atoms with Crippen LogP contribution >= 0.6 is 0 Å². The lowest BCUT2D eigenvalue weighted by molar-refractivity contribution is -0.401. The molecule has 0 atom stereocenters. The summed E-state index contributed by atoms with van der Waals surface area (Å²) in [6.45, 7) is 1.13. The van der Waals surface area contributed by atoms with E-state index in [4.69, 9.17) is 0 Å². The Morgan fingerprint density at radius 3 is 2.11 bits per heavy atom. The van der Waals surface area contributed by atoms with Crippen LogP contribution in [0.1, 0.15) is 13.3 Å². The van der Waals surface area contributed by atoms with E-state index in [9.17, 15) is 19.7 Å². The summed E-state index contributed by atoms with van der Waals surface area (Å²) in [7, 11) is 0. The van der Waals surface area contributed by atoms with Gasteiger partial charge in [-0.3, -0.25) is 14.9 Å². The lowest BCUT2D eigenvalue weighted by Gasteiger charge is -1.83. The van der Waals surface area contributed by atoms with Crippen LogP contribution in [0.4, 0.5) is 0 Å².